The topological polar surface area (TPSA) is 50.3 Å². The Morgan fingerprint density at radius 2 is 2.05 bits per heavy atom. The van der Waals surface area contributed by atoms with Gasteiger partial charge in [-0.25, -0.2) is 0 Å². The van der Waals surface area contributed by atoms with E-state index in [9.17, 15) is 0 Å². The number of hydrogen-bond donors (Lipinski definition) is 1. The quantitative estimate of drug-likeness (QED) is 0.900. The van der Waals surface area contributed by atoms with Crippen LogP contribution in [-0.4, -0.2) is 50.1 Å². The molecule has 122 valence electrons. The van der Waals surface area contributed by atoms with Gasteiger partial charge in [0, 0.05) is 26.8 Å². The number of ether oxygens (including phenoxy) is 1. The number of piperidine rings is 2. The van der Waals surface area contributed by atoms with Crippen molar-refractivity contribution in [3.63, 3.8) is 0 Å². The molecule has 2 aliphatic heterocycles. The molecule has 0 aliphatic carbocycles. The summed E-state index contributed by atoms with van der Waals surface area (Å²) in [6, 6.07) is 4.31. The minimum absolute atomic E-state index is 0.701. The molecule has 3 rings (SSSR count). The number of nitrogens with zero attached hydrogens (tertiary/aromatic N) is 3. The van der Waals surface area contributed by atoms with Crippen LogP contribution in [0.25, 0.3) is 0 Å². The molecular weight excluding hydrogens is 276 g/mol. The standard InChI is InChI=1S/C17H28N4O/c1-22-13-14-6-9-21(10-7-14)17-5-4-16(19-20-17)11-15-3-2-8-18-12-15/h4-5,14-15,18H,2-3,6-13H2,1H3/t15-/m1/s1. The van der Waals surface area contributed by atoms with Crippen LogP contribution in [0.3, 0.4) is 0 Å². The average molecular weight is 304 g/mol. The lowest BCUT2D eigenvalue weighted by Crippen LogP contribution is -2.35. The highest BCUT2D eigenvalue weighted by atomic mass is 16.5. The summed E-state index contributed by atoms with van der Waals surface area (Å²) in [4.78, 5) is 2.35. The molecule has 0 saturated carbocycles. The molecule has 1 aromatic rings. The van der Waals surface area contributed by atoms with Crippen LogP contribution in [0.5, 0.6) is 0 Å². The number of rotatable bonds is 5. The number of nitrogens with one attached hydrogen (secondary N) is 1. The number of aromatic nitrogens is 2. The van der Waals surface area contributed by atoms with Crippen molar-refractivity contribution in [1.82, 2.24) is 15.5 Å². The van der Waals surface area contributed by atoms with Crippen LogP contribution in [0, 0.1) is 11.8 Å². The van der Waals surface area contributed by atoms with E-state index in [1.807, 2.05) is 0 Å². The zero-order chi connectivity index (χ0) is 15.2. The second-order valence-corrected chi connectivity index (χ2v) is 6.69. The van der Waals surface area contributed by atoms with Crippen molar-refractivity contribution in [2.24, 2.45) is 11.8 Å². The molecule has 2 saturated heterocycles. The molecule has 0 spiro atoms. The van der Waals surface area contributed by atoms with E-state index in [2.05, 4.69) is 32.5 Å². The van der Waals surface area contributed by atoms with Gasteiger partial charge in [-0.1, -0.05) is 0 Å². The molecule has 2 aliphatic rings. The van der Waals surface area contributed by atoms with Crippen LogP contribution in [0.4, 0.5) is 5.82 Å². The molecule has 1 N–H and O–H groups in total. The first-order valence-corrected chi connectivity index (χ1v) is 8.62. The predicted molar refractivity (Wildman–Crippen MR) is 88.1 cm³/mol. The Kier molecular flexibility index (Phi) is 5.62. The molecule has 2 fully saturated rings. The maximum Gasteiger partial charge on any atom is 0.151 e. The van der Waals surface area contributed by atoms with Gasteiger partial charge in [0.25, 0.3) is 0 Å². The Bertz CT molecular complexity index is 436. The van der Waals surface area contributed by atoms with E-state index in [0.717, 1.165) is 50.1 Å². The van der Waals surface area contributed by atoms with Crippen LogP contribution < -0.4 is 10.2 Å². The summed E-state index contributed by atoms with van der Waals surface area (Å²) in [5.74, 6) is 2.45. The monoisotopic (exact) mass is 304 g/mol. The SMILES string of the molecule is COCC1CCN(c2ccc(C[C@H]3CCCNC3)nn2)CC1. The van der Waals surface area contributed by atoms with Gasteiger partial charge in [0.15, 0.2) is 5.82 Å². The molecule has 1 aromatic heterocycles. The molecule has 5 heteroatoms. The van der Waals surface area contributed by atoms with Crippen molar-refractivity contribution in [1.29, 1.82) is 0 Å². The summed E-state index contributed by atoms with van der Waals surface area (Å²) in [5, 5.41) is 12.4. The fraction of sp³-hybridized carbons (Fsp3) is 0.765. The van der Waals surface area contributed by atoms with Crippen molar-refractivity contribution in [2.75, 3.05) is 44.8 Å². The van der Waals surface area contributed by atoms with E-state index >= 15 is 0 Å². The van der Waals surface area contributed by atoms with Gasteiger partial charge in [0.2, 0.25) is 0 Å². The Hall–Kier alpha value is -1.20. The summed E-state index contributed by atoms with van der Waals surface area (Å²) < 4.78 is 5.26. The minimum Gasteiger partial charge on any atom is -0.384 e. The molecule has 0 amide bonds. The van der Waals surface area contributed by atoms with Gasteiger partial charge in [-0.05, 0) is 69.2 Å². The molecule has 0 bridgehead atoms. The molecule has 5 nitrogen and oxygen atoms in total. The van der Waals surface area contributed by atoms with Gasteiger partial charge in [0.05, 0.1) is 5.69 Å². The second kappa shape index (κ2) is 7.88. The molecule has 1 atom stereocenters. The van der Waals surface area contributed by atoms with Crippen LogP contribution in [0.1, 0.15) is 31.4 Å². The van der Waals surface area contributed by atoms with Crippen LogP contribution in [0.2, 0.25) is 0 Å². The Labute approximate surface area is 133 Å². The fourth-order valence-electron chi connectivity index (χ4n) is 3.59. The van der Waals surface area contributed by atoms with Gasteiger partial charge in [0.1, 0.15) is 0 Å². The van der Waals surface area contributed by atoms with E-state index in [-0.39, 0.29) is 0 Å². The lowest BCUT2D eigenvalue weighted by atomic mass is 9.94. The summed E-state index contributed by atoms with van der Waals surface area (Å²) in [5.41, 5.74) is 1.13. The van der Waals surface area contributed by atoms with Gasteiger partial charge in [-0.2, -0.15) is 5.10 Å². The van der Waals surface area contributed by atoms with Crippen molar-refractivity contribution in [2.45, 2.75) is 32.1 Å². The van der Waals surface area contributed by atoms with Gasteiger partial charge in [-0.3, -0.25) is 0 Å². The third-order valence-electron chi connectivity index (χ3n) is 4.94. The van der Waals surface area contributed by atoms with Crippen LogP contribution in [0.15, 0.2) is 12.1 Å². The zero-order valence-corrected chi connectivity index (χ0v) is 13.6. The van der Waals surface area contributed by atoms with Crippen molar-refractivity contribution >= 4 is 5.82 Å². The average Bonchev–Trinajstić information content (AvgIpc) is 2.58. The summed E-state index contributed by atoms with van der Waals surface area (Å²) in [7, 11) is 1.79. The summed E-state index contributed by atoms with van der Waals surface area (Å²) in [6.07, 6.45) is 6.02. The largest absolute Gasteiger partial charge is 0.384 e. The maximum absolute atomic E-state index is 5.26. The lowest BCUT2D eigenvalue weighted by molar-refractivity contribution is 0.139. The molecule has 0 aromatic carbocycles. The van der Waals surface area contributed by atoms with E-state index in [0.29, 0.717) is 5.92 Å². The van der Waals surface area contributed by atoms with Gasteiger partial charge in [-0.15, -0.1) is 5.10 Å². The number of hydrogen-bond acceptors (Lipinski definition) is 5. The van der Waals surface area contributed by atoms with Crippen molar-refractivity contribution in [3.05, 3.63) is 17.8 Å². The first-order valence-electron chi connectivity index (χ1n) is 8.62. The number of anilines is 1. The summed E-state index contributed by atoms with van der Waals surface area (Å²) >= 11 is 0. The maximum atomic E-state index is 5.26. The lowest BCUT2D eigenvalue weighted by Gasteiger charge is -2.32. The highest BCUT2D eigenvalue weighted by molar-refractivity contribution is 5.37. The first kappa shape index (κ1) is 15.7. The summed E-state index contributed by atoms with van der Waals surface area (Å²) in [6.45, 7) is 5.30. The van der Waals surface area contributed by atoms with E-state index < -0.39 is 0 Å². The predicted octanol–water partition coefficient (Wildman–Crippen LogP) is 1.88. The zero-order valence-electron chi connectivity index (χ0n) is 13.6. The third kappa shape index (κ3) is 4.17. The smallest absolute Gasteiger partial charge is 0.151 e. The number of methoxy groups -OCH3 is 1. The molecule has 3 heterocycles. The Morgan fingerprint density at radius 1 is 1.18 bits per heavy atom. The second-order valence-electron chi connectivity index (χ2n) is 6.69. The highest BCUT2D eigenvalue weighted by Crippen LogP contribution is 2.22. The molecule has 0 radical (unpaired) electrons. The molecule has 0 unspecified atom stereocenters. The van der Waals surface area contributed by atoms with Gasteiger partial charge >= 0.3 is 0 Å². The van der Waals surface area contributed by atoms with E-state index in [4.69, 9.17) is 4.74 Å². The third-order valence-corrected chi connectivity index (χ3v) is 4.94. The highest BCUT2D eigenvalue weighted by Gasteiger charge is 2.20. The Balaban J connectivity index is 1.51. The van der Waals surface area contributed by atoms with Crippen molar-refractivity contribution < 1.29 is 4.74 Å². The van der Waals surface area contributed by atoms with Crippen LogP contribution in [-0.2, 0) is 11.2 Å². The van der Waals surface area contributed by atoms with Crippen LogP contribution >= 0.6 is 0 Å². The Morgan fingerprint density at radius 3 is 2.68 bits per heavy atom. The van der Waals surface area contributed by atoms with E-state index in [1.165, 1.54) is 32.2 Å². The molecular formula is C17H28N4O. The minimum atomic E-state index is 0.701. The first-order chi connectivity index (χ1) is 10.8. The fourth-order valence-corrected chi connectivity index (χ4v) is 3.59. The van der Waals surface area contributed by atoms with Crippen molar-refractivity contribution in [3.8, 4) is 0 Å². The van der Waals surface area contributed by atoms with Gasteiger partial charge < -0.3 is 15.0 Å². The molecule has 22 heavy (non-hydrogen) atoms. The van der Waals surface area contributed by atoms with E-state index in [1.54, 1.807) is 7.11 Å². The normalized spacial score (nSPS) is 23.7.